The number of hydrogen-bond acceptors (Lipinski definition) is 2. The first-order valence-electron chi connectivity index (χ1n) is 9.36. The molecule has 1 N–H and O–H groups in total. The maximum Gasteiger partial charge on any atom is 0.236 e. The molecule has 0 aromatic heterocycles. The van der Waals surface area contributed by atoms with Gasteiger partial charge in [-0.05, 0) is 37.5 Å². The van der Waals surface area contributed by atoms with Crippen LogP contribution in [0.1, 0.15) is 70.6 Å². The molecule has 3 aliphatic rings. The van der Waals surface area contributed by atoms with Gasteiger partial charge in [-0.15, -0.1) is 0 Å². The molecule has 120 valence electrons. The number of carbonyl (C=O) groups excluding carboxylic acids is 1. The first-order valence-corrected chi connectivity index (χ1v) is 9.36. The highest BCUT2D eigenvalue weighted by Crippen LogP contribution is 2.38. The Kier molecular flexibility index (Phi) is 5.56. The second-order valence-corrected chi connectivity index (χ2v) is 7.42. The zero-order valence-corrected chi connectivity index (χ0v) is 13.5. The molecule has 1 saturated heterocycles. The van der Waals surface area contributed by atoms with Gasteiger partial charge in [0.25, 0.3) is 0 Å². The fraction of sp³-hybridized carbons (Fsp3) is 0.944. The fourth-order valence-electron chi connectivity index (χ4n) is 4.84. The maximum atomic E-state index is 12.2. The van der Waals surface area contributed by atoms with E-state index in [9.17, 15) is 4.79 Å². The summed E-state index contributed by atoms with van der Waals surface area (Å²) >= 11 is 0. The van der Waals surface area contributed by atoms with Crippen LogP contribution < -0.4 is 5.32 Å². The molecule has 3 heteroatoms. The molecule has 1 aliphatic heterocycles. The van der Waals surface area contributed by atoms with Crippen molar-refractivity contribution in [2.75, 3.05) is 19.6 Å². The number of likely N-dealkylation sites (tertiary alicyclic amines) is 1. The number of nitrogens with zero attached hydrogens (tertiary/aromatic N) is 1. The molecule has 3 nitrogen and oxygen atoms in total. The van der Waals surface area contributed by atoms with Gasteiger partial charge in [-0.2, -0.15) is 0 Å². The topological polar surface area (TPSA) is 32.3 Å². The second-order valence-electron chi connectivity index (χ2n) is 7.42. The van der Waals surface area contributed by atoms with Crippen LogP contribution in [-0.2, 0) is 4.79 Å². The number of nitrogens with one attached hydrogen (secondary N) is 1. The normalized spacial score (nSPS) is 31.5. The molecule has 0 radical (unpaired) electrons. The van der Waals surface area contributed by atoms with E-state index in [0.29, 0.717) is 18.5 Å². The summed E-state index contributed by atoms with van der Waals surface area (Å²) in [5.41, 5.74) is 0. The molecule has 0 aromatic rings. The van der Waals surface area contributed by atoms with Gasteiger partial charge in [0.05, 0.1) is 6.54 Å². The molecular weight excluding hydrogens is 260 g/mol. The number of amides is 1. The van der Waals surface area contributed by atoms with Crippen molar-refractivity contribution < 1.29 is 4.79 Å². The van der Waals surface area contributed by atoms with E-state index in [-0.39, 0.29) is 0 Å². The van der Waals surface area contributed by atoms with E-state index in [0.717, 1.165) is 24.9 Å². The van der Waals surface area contributed by atoms with Crippen LogP contribution in [0.4, 0.5) is 0 Å². The minimum absolute atomic E-state index is 0.334. The summed E-state index contributed by atoms with van der Waals surface area (Å²) in [6.07, 6.45) is 15.0. The third kappa shape index (κ3) is 4.00. The third-order valence-electron chi connectivity index (χ3n) is 6.05. The first kappa shape index (κ1) is 15.3. The molecule has 1 amide bonds. The Morgan fingerprint density at radius 1 is 0.857 bits per heavy atom. The predicted octanol–water partition coefficient (Wildman–Crippen LogP) is 3.34. The summed E-state index contributed by atoms with van der Waals surface area (Å²) in [7, 11) is 0. The van der Waals surface area contributed by atoms with Crippen molar-refractivity contribution in [1.29, 1.82) is 0 Å². The standard InChI is InChI=1S/C18H32N2O/c21-18(20-12-6-7-13-20)14-19-17-11-5-4-10-16(17)15-8-2-1-3-9-15/h15-17,19H,1-14H2. The van der Waals surface area contributed by atoms with E-state index in [2.05, 4.69) is 5.32 Å². The maximum absolute atomic E-state index is 12.2. The van der Waals surface area contributed by atoms with Crippen LogP contribution in [0.25, 0.3) is 0 Å². The van der Waals surface area contributed by atoms with Crippen LogP contribution in [0, 0.1) is 11.8 Å². The Morgan fingerprint density at radius 3 is 2.29 bits per heavy atom. The van der Waals surface area contributed by atoms with Crippen molar-refractivity contribution in [2.24, 2.45) is 11.8 Å². The highest BCUT2D eigenvalue weighted by atomic mass is 16.2. The van der Waals surface area contributed by atoms with Gasteiger partial charge in [-0.1, -0.05) is 44.9 Å². The van der Waals surface area contributed by atoms with E-state index in [4.69, 9.17) is 0 Å². The molecule has 2 unspecified atom stereocenters. The van der Waals surface area contributed by atoms with Crippen LogP contribution in [0.15, 0.2) is 0 Å². The van der Waals surface area contributed by atoms with Crippen LogP contribution in [0.2, 0.25) is 0 Å². The molecule has 21 heavy (non-hydrogen) atoms. The third-order valence-corrected chi connectivity index (χ3v) is 6.05. The smallest absolute Gasteiger partial charge is 0.236 e. The Bertz CT molecular complexity index is 332. The minimum atomic E-state index is 0.334. The zero-order chi connectivity index (χ0) is 14.5. The van der Waals surface area contributed by atoms with Crippen molar-refractivity contribution in [3.05, 3.63) is 0 Å². The Hall–Kier alpha value is -0.570. The second kappa shape index (κ2) is 7.62. The van der Waals surface area contributed by atoms with E-state index >= 15 is 0 Å². The molecule has 2 saturated carbocycles. The zero-order valence-electron chi connectivity index (χ0n) is 13.5. The van der Waals surface area contributed by atoms with Crippen LogP contribution in [0.5, 0.6) is 0 Å². The number of hydrogen-bond donors (Lipinski definition) is 1. The quantitative estimate of drug-likeness (QED) is 0.862. The van der Waals surface area contributed by atoms with E-state index in [1.165, 1.54) is 70.6 Å². The summed E-state index contributed by atoms with van der Waals surface area (Å²) in [5, 5.41) is 3.65. The molecule has 0 spiro atoms. The fourth-order valence-corrected chi connectivity index (χ4v) is 4.84. The first-order chi connectivity index (χ1) is 10.3. The van der Waals surface area contributed by atoms with Gasteiger partial charge >= 0.3 is 0 Å². The molecule has 1 heterocycles. The highest BCUT2D eigenvalue weighted by molar-refractivity contribution is 5.78. The van der Waals surface area contributed by atoms with Gasteiger partial charge in [-0.3, -0.25) is 4.79 Å². The predicted molar refractivity (Wildman–Crippen MR) is 86.1 cm³/mol. The number of carbonyl (C=O) groups is 1. The lowest BCUT2D eigenvalue weighted by Gasteiger charge is -2.39. The van der Waals surface area contributed by atoms with Crippen molar-refractivity contribution in [3.8, 4) is 0 Å². The lowest BCUT2D eigenvalue weighted by atomic mass is 9.71. The molecule has 2 aliphatic carbocycles. The van der Waals surface area contributed by atoms with Crippen molar-refractivity contribution in [3.63, 3.8) is 0 Å². The van der Waals surface area contributed by atoms with E-state index < -0.39 is 0 Å². The van der Waals surface area contributed by atoms with E-state index in [1.807, 2.05) is 4.90 Å². The minimum Gasteiger partial charge on any atom is -0.342 e. The van der Waals surface area contributed by atoms with Crippen molar-refractivity contribution >= 4 is 5.91 Å². The van der Waals surface area contributed by atoms with Crippen LogP contribution in [0.3, 0.4) is 0 Å². The van der Waals surface area contributed by atoms with Crippen LogP contribution in [-0.4, -0.2) is 36.5 Å². The summed E-state index contributed by atoms with van der Waals surface area (Å²) in [4.78, 5) is 14.3. The molecule has 0 bridgehead atoms. The lowest BCUT2D eigenvalue weighted by Crippen LogP contribution is -2.46. The summed E-state index contributed by atoms with van der Waals surface area (Å²) in [6.45, 7) is 2.54. The Balaban J connectivity index is 1.50. The molecular formula is C18H32N2O. The van der Waals surface area contributed by atoms with Crippen molar-refractivity contribution in [2.45, 2.75) is 76.7 Å². The van der Waals surface area contributed by atoms with Crippen molar-refractivity contribution in [1.82, 2.24) is 10.2 Å². The summed E-state index contributed by atoms with van der Waals surface area (Å²) < 4.78 is 0. The highest BCUT2D eigenvalue weighted by Gasteiger charge is 2.32. The lowest BCUT2D eigenvalue weighted by molar-refractivity contribution is -0.129. The largest absolute Gasteiger partial charge is 0.342 e. The van der Waals surface area contributed by atoms with Gasteiger partial charge in [0.15, 0.2) is 0 Å². The Morgan fingerprint density at radius 2 is 1.52 bits per heavy atom. The summed E-state index contributed by atoms with van der Waals surface area (Å²) in [6, 6.07) is 0.605. The van der Waals surface area contributed by atoms with E-state index in [1.54, 1.807) is 0 Å². The van der Waals surface area contributed by atoms with Gasteiger partial charge in [0.2, 0.25) is 5.91 Å². The van der Waals surface area contributed by atoms with Gasteiger partial charge < -0.3 is 10.2 Å². The Labute approximate surface area is 129 Å². The average molecular weight is 292 g/mol. The molecule has 3 rings (SSSR count). The molecule has 0 aromatic carbocycles. The SMILES string of the molecule is O=C(CNC1CCCCC1C1CCCCC1)N1CCCC1. The molecule has 3 fully saturated rings. The average Bonchev–Trinajstić information content (AvgIpc) is 3.08. The van der Waals surface area contributed by atoms with Gasteiger partial charge in [-0.25, -0.2) is 0 Å². The van der Waals surface area contributed by atoms with Crippen LogP contribution >= 0.6 is 0 Å². The van der Waals surface area contributed by atoms with Gasteiger partial charge in [0.1, 0.15) is 0 Å². The molecule has 2 atom stereocenters. The number of rotatable bonds is 4. The van der Waals surface area contributed by atoms with Gasteiger partial charge in [0, 0.05) is 19.1 Å². The summed E-state index contributed by atoms with van der Waals surface area (Å²) in [5.74, 6) is 2.10. The monoisotopic (exact) mass is 292 g/mol.